The van der Waals surface area contributed by atoms with Gasteiger partial charge in [-0.25, -0.2) is 9.59 Å². The summed E-state index contributed by atoms with van der Waals surface area (Å²) in [6.07, 6.45) is -2.48. The van der Waals surface area contributed by atoms with Gasteiger partial charge >= 0.3 is 18.0 Å². The number of carbonyl (C=O) groups excluding carboxylic acids is 4. The van der Waals surface area contributed by atoms with Crippen molar-refractivity contribution in [2.45, 2.75) is 192 Å². The number of methoxy groups -OCH3 is 1. The monoisotopic (exact) mass is 1030 g/mol. The van der Waals surface area contributed by atoms with Gasteiger partial charge in [0.2, 0.25) is 0 Å². The largest absolute Gasteiger partial charge is 0.497 e. The van der Waals surface area contributed by atoms with E-state index >= 15 is 0 Å². The first kappa shape index (κ1) is 56.6. The number of hydrogen-bond donors (Lipinski definition) is 5. The fraction of sp³-hybridized carbons (Fsp3) is 0.778. The molecular weight excluding hydrogens is 947 g/mol. The fourth-order valence-corrected chi connectivity index (χ4v) is 13.4. The van der Waals surface area contributed by atoms with E-state index in [9.17, 15) is 39.4 Å². The molecule has 19 heteroatoms. The Bertz CT molecular complexity index is 2110. The first-order chi connectivity index (χ1) is 34.8. The number of ketones is 1. The zero-order valence-corrected chi connectivity index (χ0v) is 43.7. The number of rotatable bonds is 21. The van der Waals surface area contributed by atoms with E-state index in [4.69, 9.17) is 43.6 Å². The van der Waals surface area contributed by atoms with E-state index < -0.39 is 103 Å². The average Bonchev–Trinajstić information content (AvgIpc) is 3.62. The summed E-state index contributed by atoms with van der Waals surface area (Å²) in [6, 6.07) is 6.01. The van der Waals surface area contributed by atoms with Gasteiger partial charge in [0, 0.05) is 37.6 Å². The number of unbranched alkanes of at least 4 members (excludes halogenated alkanes) is 3. The highest BCUT2D eigenvalue weighted by molar-refractivity contribution is 5.89. The summed E-state index contributed by atoms with van der Waals surface area (Å²) in [7, 11) is 1.48. The van der Waals surface area contributed by atoms with Crippen molar-refractivity contribution >= 4 is 23.8 Å². The molecule has 19 nitrogen and oxygen atoms in total. The number of nitrogens with one attached hydrogen (secondary N) is 1. The van der Waals surface area contributed by atoms with Gasteiger partial charge in [-0.2, -0.15) is 4.91 Å². The molecule has 6 N–H and O–H groups in total. The molecule has 1 aromatic rings. The predicted molar refractivity (Wildman–Crippen MR) is 265 cm³/mol. The minimum Gasteiger partial charge on any atom is -0.497 e. The highest BCUT2D eigenvalue weighted by atomic mass is 16.7. The molecule has 14 unspecified atom stereocenters. The molecule has 0 spiro atoms. The molecular formula is C54H81N3O16. The number of Topliss-reactive ketones (excluding diaryl/α,β-unsaturated/α-hetero) is 1. The third kappa shape index (κ3) is 11.8. The molecule has 2 saturated heterocycles. The van der Waals surface area contributed by atoms with Gasteiger partial charge in [0.25, 0.3) is 0 Å². The molecule has 0 aromatic heterocycles. The normalized spacial score (nSPS) is 37.4. The number of hydrogen-bond acceptors (Lipinski definition) is 18. The highest BCUT2D eigenvalue weighted by Crippen LogP contribution is 2.70. The third-order valence-electron chi connectivity index (χ3n) is 17.6. The Kier molecular flexibility index (Phi) is 18.8. The minimum absolute atomic E-state index is 0.0810. The lowest BCUT2D eigenvalue weighted by Crippen LogP contribution is -2.63. The molecule has 408 valence electrons. The van der Waals surface area contributed by atoms with Crippen LogP contribution in [0.1, 0.15) is 135 Å². The summed E-state index contributed by atoms with van der Waals surface area (Å²) in [4.78, 5) is 67.8. The van der Waals surface area contributed by atoms with Crippen molar-refractivity contribution in [2.75, 3.05) is 33.4 Å². The van der Waals surface area contributed by atoms with Gasteiger partial charge in [-0.3, -0.25) is 9.59 Å². The number of alkyl carbamates (subject to hydrolysis) is 1. The number of amides is 1. The first-order valence-corrected chi connectivity index (χ1v) is 26.6. The number of nitrogens with zero attached hydrogens (tertiary/aromatic N) is 1. The zero-order valence-electron chi connectivity index (χ0n) is 43.7. The van der Waals surface area contributed by atoms with Crippen LogP contribution in [0.3, 0.4) is 0 Å². The standard InChI is InChI=1S/C54H81N3O16/c1-30(2)12-19-40(59)31(3)54(57-65)43(27-39-37-18-15-34-26-36(70-51(64)56-25-11-9-8-10-24-55)20-22-52(34,5)38(37)21-23-53(39,54)6)71-50-47(69-32(4)58)45(42(61)29-68-50)73-49-46(44(62)41(60)28-67-49)72-48(63)33-13-16-35(66-7)17-14-33/h13-17,30-31,36-39,41-47,49-50,60-62H,8-12,18-29,55H2,1-7H3,(H,56,64)/t31-,36?,37?,38?,39+,41?,42?,43?,44?,45?,46?,47?,49?,50?,52?,53?,54-/m1/s1. The number of aliphatic hydroxyl groups is 3. The van der Waals surface area contributed by atoms with Crippen molar-refractivity contribution in [3.05, 3.63) is 46.4 Å². The Morgan fingerprint density at radius 2 is 1.56 bits per heavy atom. The smallest absolute Gasteiger partial charge is 0.407 e. The number of carbonyl (C=O) groups is 4. The molecule has 4 aliphatic carbocycles. The second kappa shape index (κ2) is 24.3. The van der Waals surface area contributed by atoms with Gasteiger partial charge in [-0.15, -0.1) is 0 Å². The van der Waals surface area contributed by atoms with Gasteiger partial charge in [-0.1, -0.05) is 64.3 Å². The van der Waals surface area contributed by atoms with Crippen LogP contribution in [0.5, 0.6) is 5.75 Å². The lowest BCUT2D eigenvalue weighted by molar-refractivity contribution is -0.340. The predicted octanol–water partition coefficient (Wildman–Crippen LogP) is 6.05. The number of aliphatic hydroxyl groups excluding tert-OH is 3. The van der Waals surface area contributed by atoms with Crippen LogP contribution in [-0.2, 0) is 42.7 Å². The van der Waals surface area contributed by atoms with E-state index in [1.807, 2.05) is 13.8 Å². The van der Waals surface area contributed by atoms with Crippen molar-refractivity contribution < 1.29 is 72.4 Å². The van der Waals surface area contributed by atoms with Gasteiger partial charge in [0.1, 0.15) is 47.6 Å². The Morgan fingerprint density at radius 3 is 2.23 bits per heavy atom. The lowest BCUT2D eigenvalue weighted by Gasteiger charge is -2.59. The van der Waals surface area contributed by atoms with Gasteiger partial charge in [0.15, 0.2) is 24.8 Å². The van der Waals surface area contributed by atoms with Gasteiger partial charge in [-0.05, 0) is 118 Å². The first-order valence-electron chi connectivity index (χ1n) is 26.6. The van der Waals surface area contributed by atoms with Crippen molar-refractivity contribution in [3.63, 3.8) is 0 Å². The second-order valence-corrected chi connectivity index (χ2v) is 22.3. The van der Waals surface area contributed by atoms with Crippen LogP contribution in [0, 0.1) is 45.3 Å². The molecule has 6 aliphatic rings. The third-order valence-corrected chi connectivity index (χ3v) is 17.6. The Hall–Kier alpha value is -4.08. The molecule has 5 fully saturated rings. The molecule has 7 rings (SSSR count). The summed E-state index contributed by atoms with van der Waals surface area (Å²) in [5.74, 6) is -1.79. The van der Waals surface area contributed by atoms with Crippen molar-refractivity contribution in [1.82, 2.24) is 5.32 Å². The molecule has 0 bridgehead atoms. The van der Waals surface area contributed by atoms with Gasteiger partial charge in [0.05, 0.1) is 32.0 Å². The van der Waals surface area contributed by atoms with Crippen LogP contribution >= 0.6 is 0 Å². The average molecular weight is 1030 g/mol. The maximum absolute atomic E-state index is 14.4. The topological polar surface area (TPSA) is 270 Å². The number of ether oxygens (including phenoxy) is 8. The molecule has 1 aromatic carbocycles. The van der Waals surface area contributed by atoms with E-state index in [0.717, 1.165) is 45.4 Å². The molecule has 3 saturated carbocycles. The molecule has 1 amide bonds. The van der Waals surface area contributed by atoms with Crippen molar-refractivity contribution in [2.24, 2.45) is 51.3 Å². The Morgan fingerprint density at radius 1 is 0.863 bits per heavy atom. The van der Waals surface area contributed by atoms with Crippen LogP contribution < -0.4 is 15.8 Å². The minimum atomic E-state index is -1.69. The highest BCUT2D eigenvalue weighted by Gasteiger charge is 2.72. The van der Waals surface area contributed by atoms with Crippen LogP contribution in [0.15, 0.2) is 41.1 Å². The molecule has 0 radical (unpaired) electrons. The SMILES string of the molecule is COc1ccc(C(=O)OC2C(OC3C(O)COC(OC4C[C@H]5C6CC=C7CC(OC(=O)NCCCCCCN)CCC7(C)C6CCC5(C)[C@@]4(N=O)[C@H](C)C(=O)CCC(C)C)C3OC(C)=O)OCC(O)C2O)cc1. The molecule has 2 aliphatic heterocycles. The molecule has 2 heterocycles. The van der Waals surface area contributed by atoms with E-state index in [0.29, 0.717) is 57.4 Å². The van der Waals surface area contributed by atoms with Crippen molar-refractivity contribution in [1.29, 1.82) is 0 Å². The number of fused-ring (bicyclic) bond motifs is 5. The molecule has 17 atom stereocenters. The summed E-state index contributed by atoms with van der Waals surface area (Å²) < 4.78 is 48.0. The van der Waals surface area contributed by atoms with E-state index in [2.05, 4.69) is 30.4 Å². The van der Waals surface area contributed by atoms with Gasteiger partial charge < -0.3 is 64.3 Å². The van der Waals surface area contributed by atoms with Crippen LogP contribution in [0.4, 0.5) is 4.79 Å². The lowest BCUT2D eigenvalue weighted by atomic mass is 9.46. The Balaban J connectivity index is 1.14. The van der Waals surface area contributed by atoms with E-state index in [1.165, 1.54) is 24.8 Å². The van der Waals surface area contributed by atoms with Crippen LogP contribution in [0.25, 0.3) is 0 Å². The van der Waals surface area contributed by atoms with E-state index in [-0.39, 0.29) is 53.0 Å². The van der Waals surface area contributed by atoms with Crippen LogP contribution in [0.2, 0.25) is 0 Å². The fourth-order valence-electron chi connectivity index (χ4n) is 13.4. The number of nitrogens with two attached hydrogens (primary N) is 1. The summed E-state index contributed by atoms with van der Waals surface area (Å²) in [5.41, 5.74) is 4.36. The van der Waals surface area contributed by atoms with E-state index in [1.54, 1.807) is 19.1 Å². The summed E-state index contributed by atoms with van der Waals surface area (Å²) >= 11 is 0. The quantitative estimate of drug-likeness (QED) is 0.0308. The summed E-state index contributed by atoms with van der Waals surface area (Å²) in [5, 5.41) is 40.3. The Labute approximate surface area is 429 Å². The summed E-state index contributed by atoms with van der Waals surface area (Å²) in [6.45, 7) is 11.8. The zero-order chi connectivity index (χ0) is 52.8. The number of allylic oxidation sites excluding steroid dienone is 1. The number of nitroso groups, excluding NO2 is 1. The molecule has 73 heavy (non-hydrogen) atoms. The van der Waals surface area contributed by atoms with Crippen molar-refractivity contribution in [3.8, 4) is 5.75 Å². The second-order valence-electron chi connectivity index (χ2n) is 22.3. The van der Waals surface area contributed by atoms with Crippen LogP contribution in [-0.4, -0.2) is 139 Å². The number of esters is 2. The maximum Gasteiger partial charge on any atom is 0.407 e. The maximum atomic E-state index is 14.4. The number of benzene rings is 1.